The summed E-state index contributed by atoms with van der Waals surface area (Å²) in [5, 5.41) is 0. The first-order valence-corrected chi connectivity index (χ1v) is 6.62. The molecule has 1 N–H and O–H groups in total. The van der Waals surface area contributed by atoms with E-state index in [1.807, 2.05) is 17.0 Å². The van der Waals surface area contributed by atoms with Crippen LogP contribution in [0.2, 0.25) is 0 Å². The van der Waals surface area contributed by atoms with Gasteiger partial charge in [0.2, 0.25) is 5.56 Å². The van der Waals surface area contributed by atoms with Crippen molar-refractivity contribution in [3.63, 3.8) is 0 Å². The second kappa shape index (κ2) is 5.28. The van der Waals surface area contributed by atoms with Gasteiger partial charge in [-0.1, -0.05) is 6.07 Å². The zero-order valence-electron chi connectivity index (χ0n) is 11.0. The van der Waals surface area contributed by atoms with Crippen molar-refractivity contribution in [2.24, 2.45) is 0 Å². The first kappa shape index (κ1) is 12.6. The average molecular weight is 269 g/mol. The second-order valence-electron chi connectivity index (χ2n) is 4.97. The molecule has 102 valence electrons. The molecule has 0 aliphatic heterocycles. The van der Waals surface area contributed by atoms with Gasteiger partial charge in [-0.05, 0) is 30.5 Å². The number of hydrogen-bond donors (Lipinski definition) is 1. The zero-order valence-corrected chi connectivity index (χ0v) is 11.0. The van der Waals surface area contributed by atoms with E-state index in [0.717, 1.165) is 18.4 Å². The summed E-state index contributed by atoms with van der Waals surface area (Å²) >= 11 is 0. The fourth-order valence-corrected chi connectivity index (χ4v) is 2.15. The van der Waals surface area contributed by atoms with Gasteiger partial charge in [0.1, 0.15) is 0 Å². The normalized spacial score (nSPS) is 14.0. The number of aromatic nitrogens is 2. The second-order valence-corrected chi connectivity index (χ2v) is 4.97. The minimum absolute atomic E-state index is 0.0485. The molecule has 2 aromatic rings. The van der Waals surface area contributed by atoms with Crippen molar-refractivity contribution in [3.8, 4) is 0 Å². The highest BCUT2D eigenvalue weighted by molar-refractivity contribution is 5.94. The van der Waals surface area contributed by atoms with Gasteiger partial charge < -0.3 is 9.88 Å². The van der Waals surface area contributed by atoms with Gasteiger partial charge in [0.05, 0.1) is 5.56 Å². The van der Waals surface area contributed by atoms with Crippen LogP contribution in [0.15, 0.2) is 47.7 Å². The lowest BCUT2D eigenvalue weighted by molar-refractivity contribution is 0.0729. The van der Waals surface area contributed by atoms with E-state index < -0.39 is 0 Å². The Balaban J connectivity index is 1.82. The number of carbonyl (C=O) groups excluding carboxylic acids is 1. The standard InChI is InChI=1S/C15H15N3O2/c19-14-6-3-12(9-17-14)15(20)18(13-4-5-13)10-11-2-1-7-16-8-11/h1-3,6-9,13H,4-5,10H2,(H,17,19). The predicted octanol–water partition coefficient (Wildman–Crippen LogP) is 1.57. The van der Waals surface area contributed by atoms with Gasteiger partial charge in [-0.25, -0.2) is 0 Å². The van der Waals surface area contributed by atoms with E-state index in [-0.39, 0.29) is 11.5 Å². The van der Waals surface area contributed by atoms with Crippen LogP contribution in [0.4, 0.5) is 0 Å². The lowest BCUT2D eigenvalue weighted by Crippen LogP contribution is -2.33. The highest BCUT2D eigenvalue weighted by atomic mass is 16.2. The molecule has 0 aromatic carbocycles. The Morgan fingerprint density at radius 3 is 2.80 bits per heavy atom. The summed E-state index contributed by atoms with van der Waals surface area (Å²) in [6.07, 6.45) is 7.04. The quantitative estimate of drug-likeness (QED) is 0.916. The van der Waals surface area contributed by atoms with Gasteiger partial charge >= 0.3 is 0 Å². The summed E-state index contributed by atoms with van der Waals surface area (Å²) in [5.74, 6) is -0.0485. The molecule has 0 spiro atoms. The molecule has 1 amide bonds. The third-order valence-electron chi connectivity index (χ3n) is 3.36. The van der Waals surface area contributed by atoms with Crippen molar-refractivity contribution in [2.75, 3.05) is 0 Å². The predicted molar refractivity (Wildman–Crippen MR) is 74.2 cm³/mol. The van der Waals surface area contributed by atoms with Crippen LogP contribution in [0.3, 0.4) is 0 Å². The van der Waals surface area contributed by atoms with E-state index in [4.69, 9.17) is 0 Å². The van der Waals surface area contributed by atoms with Crippen LogP contribution in [-0.4, -0.2) is 26.8 Å². The largest absolute Gasteiger partial charge is 0.331 e. The molecule has 0 radical (unpaired) electrons. The summed E-state index contributed by atoms with van der Waals surface area (Å²) in [6.45, 7) is 0.552. The van der Waals surface area contributed by atoms with Crippen molar-refractivity contribution in [2.45, 2.75) is 25.4 Å². The van der Waals surface area contributed by atoms with Crippen LogP contribution in [0.5, 0.6) is 0 Å². The van der Waals surface area contributed by atoms with Crippen LogP contribution in [0.1, 0.15) is 28.8 Å². The summed E-state index contributed by atoms with van der Waals surface area (Å²) in [7, 11) is 0. The van der Waals surface area contributed by atoms with Gasteiger partial charge in [0.25, 0.3) is 5.91 Å². The average Bonchev–Trinajstić information content (AvgIpc) is 3.30. The number of carbonyl (C=O) groups is 1. The van der Waals surface area contributed by atoms with Gasteiger partial charge in [-0.2, -0.15) is 0 Å². The van der Waals surface area contributed by atoms with Gasteiger partial charge in [-0.15, -0.1) is 0 Å². The highest BCUT2D eigenvalue weighted by Crippen LogP contribution is 2.29. The minimum atomic E-state index is -0.202. The van der Waals surface area contributed by atoms with Crippen molar-refractivity contribution < 1.29 is 4.79 Å². The van der Waals surface area contributed by atoms with E-state index in [1.165, 1.54) is 12.3 Å². The maximum absolute atomic E-state index is 12.5. The Labute approximate surface area is 116 Å². The highest BCUT2D eigenvalue weighted by Gasteiger charge is 2.33. The van der Waals surface area contributed by atoms with Crippen molar-refractivity contribution in [1.29, 1.82) is 0 Å². The minimum Gasteiger partial charge on any atom is -0.331 e. The fraction of sp³-hybridized carbons (Fsp3) is 0.267. The smallest absolute Gasteiger partial charge is 0.255 e. The van der Waals surface area contributed by atoms with E-state index in [1.54, 1.807) is 18.5 Å². The Morgan fingerprint density at radius 2 is 2.20 bits per heavy atom. The molecule has 1 saturated carbocycles. The van der Waals surface area contributed by atoms with Gasteiger partial charge in [0, 0.05) is 37.2 Å². The molecule has 5 heteroatoms. The number of hydrogen-bond acceptors (Lipinski definition) is 3. The molecule has 0 unspecified atom stereocenters. The molecule has 2 heterocycles. The molecule has 1 aliphatic rings. The van der Waals surface area contributed by atoms with E-state index in [2.05, 4.69) is 9.97 Å². The lowest BCUT2D eigenvalue weighted by atomic mass is 10.2. The monoisotopic (exact) mass is 269 g/mol. The SMILES string of the molecule is O=C(c1ccc(=O)[nH]c1)N(Cc1cccnc1)C1CC1. The summed E-state index contributed by atoms with van der Waals surface area (Å²) in [5.41, 5.74) is 1.32. The van der Waals surface area contributed by atoms with Crippen molar-refractivity contribution in [3.05, 3.63) is 64.3 Å². The molecule has 20 heavy (non-hydrogen) atoms. The van der Waals surface area contributed by atoms with Crippen LogP contribution in [0.25, 0.3) is 0 Å². The topological polar surface area (TPSA) is 66.1 Å². The molecule has 0 saturated heterocycles. The lowest BCUT2D eigenvalue weighted by Gasteiger charge is -2.22. The fourth-order valence-electron chi connectivity index (χ4n) is 2.15. The van der Waals surface area contributed by atoms with Crippen LogP contribution < -0.4 is 5.56 Å². The summed E-state index contributed by atoms with van der Waals surface area (Å²) < 4.78 is 0. The third kappa shape index (κ3) is 2.77. The van der Waals surface area contributed by atoms with Crippen molar-refractivity contribution in [1.82, 2.24) is 14.9 Å². The Bertz CT molecular complexity index is 642. The number of aromatic amines is 1. The summed E-state index contributed by atoms with van der Waals surface area (Å²) in [6, 6.07) is 7.07. The molecule has 1 fully saturated rings. The molecular weight excluding hydrogens is 254 g/mol. The molecule has 0 atom stereocenters. The summed E-state index contributed by atoms with van der Waals surface area (Å²) in [4.78, 5) is 32.1. The number of nitrogens with one attached hydrogen (secondary N) is 1. The number of H-pyrrole nitrogens is 1. The Kier molecular flexibility index (Phi) is 3.33. The maximum atomic E-state index is 12.5. The molecule has 5 nitrogen and oxygen atoms in total. The Hall–Kier alpha value is -2.43. The van der Waals surface area contributed by atoms with Crippen LogP contribution in [-0.2, 0) is 6.54 Å². The maximum Gasteiger partial charge on any atom is 0.255 e. The van der Waals surface area contributed by atoms with E-state index >= 15 is 0 Å². The number of amides is 1. The molecular formula is C15H15N3O2. The molecule has 0 bridgehead atoms. The van der Waals surface area contributed by atoms with Gasteiger partial charge in [-0.3, -0.25) is 14.6 Å². The Morgan fingerprint density at radius 1 is 1.35 bits per heavy atom. The molecule has 1 aliphatic carbocycles. The zero-order chi connectivity index (χ0) is 13.9. The first-order chi connectivity index (χ1) is 9.74. The number of rotatable bonds is 4. The van der Waals surface area contributed by atoms with Gasteiger partial charge in [0.15, 0.2) is 0 Å². The number of nitrogens with zero attached hydrogens (tertiary/aromatic N) is 2. The molecule has 2 aromatic heterocycles. The van der Waals surface area contributed by atoms with E-state index in [0.29, 0.717) is 18.2 Å². The van der Waals surface area contributed by atoms with E-state index in [9.17, 15) is 9.59 Å². The molecule has 3 rings (SSSR count). The van der Waals surface area contributed by atoms with Crippen LogP contribution in [0, 0.1) is 0 Å². The third-order valence-corrected chi connectivity index (χ3v) is 3.36. The van der Waals surface area contributed by atoms with Crippen molar-refractivity contribution >= 4 is 5.91 Å². The first-order valence-electron chi connectivity index (χ1n) is 6.62. The van der Waals surface area contributed by atoms with Crippen LogP contribution >= 0.6 is 0 Å². The number of pyridine rings is 2.